The van der Waals surface area contributed by atoms with Gasteiger partial charge < -0.3 is 10.6 Å². The largest absolute Gasteiger partial charge is 0.369 e. The highest BCUT2D eigenvalue weighted by molar-refractivity contribution is 5.97. The van der Waals surface area contributed by atoms with Crippen molar-refractivity contribution in [3.63, 3.8) is 0 Å². The predicted molar refractivity (Wildman–Crippen MR) is 84.0 cm³/mol. The first-order valence-corrected chi connectivity index (χ1v) is 6.98. The van der Waals surface area contributed by atoms with Gasteiger partial charge in [0.25, 0.3) is 0 Å². The Kier molecular flexibility index (Phi) is 3.37. The van der Waals surface area contributed by atoms with E-state index in [2.05, 4.69) is 4.99 Å². The smallest absolute Gasteiger partial charge is 0.196 e. The SMILES string of the molecule is Cc1ccc(N2C(N)=NCC2c2ccc(F)c(C)c2)cc1. The Labute approximate surface area is 123 Å². The number of nitrogens with zero attached hydrogens (tertiary/aromatic N) is 2. The van der Waals surface area contributed by atoms with E-state index in [-0.39, 0.29) is 11.9 Å². The molecule has 0 aliphatic carbocycles. The molecule has 2 N–H and O–H groups in total. The summed E-state index contributed by atoms with van der Waals surface area (Å²) in [5, 5.41) is 0. The molecule has 2 aromatic carbocycles. The molecule has 0 bridgehead atoms. The topological polar surface area (TPSA) is 41.6 Å². The fourth-order valence-electron chi connectivity index (χ4n) is 2.64. The lowest BCUT2D eigenvalue weighted by atomic mass is 10.0. The first-order chi connectivity index (χ1) is 10.1. The molecule has 4 heteroatoms. The van der Waals surface area contributed by atoms with Crippen molar-refractivity contribution >= 4 is 11.6 Å². The van der Waals surface area contributed by atoms with Gasteiger partial charge in [-0.1, -0.05) is 29.8 Å². The van der Waals surface area contributed by atoms with Crippen molar-refractivity contribution in [2.24, 2.45) is 10.7 Å². The maximum absolute atomic E-state index is 13.5. The number of rotatable bonds is 2. The number of anilines is 1. The van der Waals surface area contributed by atoms with E-state index in [0.717, 1.165) is 11.3 Å². The highest BCUT2D eigenvalue weighted by Crippen LogP contribution is 2.31. The summed E-state index contributed by atoms with van der Waals surface area (Å²) < 4.78 is 13.5. The summed E-state index contributed by atoms with van der Waals surface area (Å²) in [5.41, 5.74) is 9.92. The summed E-state index contributed by atoms with van der Waals surface area (Å²) in [6.45, 7) is 4.41. The van der Waals surface area contributed by atoms with Crippen LogP contribution in [0.2, 0.25) is 0 Å². The Hall–Kier alpha value is -2.36. The van der Waals surface area contributed by atoms with E-state index in [0.29, 0.717) is 18.1 Å². The second kappa shape index (κ2) is 5.20. The van der Waals surface area contributed by atoms with E-state index in [4.69, 9.17) is 5.73 Å². The summed E-state index contributed by atoms with van der Waals surface area (Å²) >= 11 is 0. The van der Waals surface area contributed by atoms with Crippen LogP contribution in [0.15, 0.2) is 47.5 Å². The number of hydrogen-bond donors (Lipinski definition) is 1. The predicted octanol–water partition coefficient (Wildman–Crippen LogP) is 3.32. The summed E-state index contributed by atoms with van der Waals surface area (Å²) in [6, 6.07) is 13.4. The van der Waals surface area contributed by atoms with Gasteiger partial charge in [0, 0.05) is 5.69 Å². The van der Waals surface area contributed by atoms with Crippen LogP contribution in [0, 0.1) is 19.7 Å². The van der Waals surface area contributed by atoms with Crippen LogP contribution in [0.5, 0.6) is 0 Å². The van der Waals surface area contributed by atoms with E-state index in [9.17, 15) is 4.39 Å². The van der Waals surface area contributed by atoms with Gasteiger partial charge in [0.1, 0.15) is 5.82 Å². The highest BCUT2D eigenvalue weighted by atomic mass is 19.1. The van der Waals surface area contributed by atoms with Gasteiger partial charge in [0.15, 0.2) is 5.96 Å². The minimum absolute atomic E-state index is 0.0204. The molecule has 3 nitrogen and oxygen atoms in total. The molecular weight excluding hydrogens is 265 g/mol. The molecule has 1 heterocycles. The zero-order valence-corrected chi connectivity index (χ0v) is 12.2. The Bertz CT molecular complexity index is 692. The number of hydrogen-bond acceptors (Lipinski definition) is 3. The number of aryl methyl sites for hydroxylation is 2. The summed E-state index contributed by atoms with van der Waals surface area (Å²) in [4.78, 5) is 6.36. The molecule has 3 rings (SSSR count). The number of halogens is 1. The van der Waals surface area contributed by atoms with Crippen LogP contribution in [-0.2, 0) is 0 Å². The number of aliphatic imine (C=N–C) groups is 1. The monoisotopic (exact) mass is 283 g/mol. The van der Waals surface area contributed by atoms with Crippen molar-refractivity contribution in [2.75, 3.05) is 11.4 Å². The lowest BCUT2D eigenvalue weighted by Gasteiger charge is -2.27. The number of nitrogens with two attached hydrogens (primary N) is 1. The van der Waals surface area contributed by atoms with Gasteiger partial charge in [-0.2, -0.15) is 0 Å². The van der Waals surface area contributed by atoms with Crippen molar-refractivity contribution < 1.29 is 4.39 Å². The first kappa shape index (κ1) is 13.6. The van der Waals surface area contributed by atoms with Gasteiger partial charge in [-0.05, 0) is 43.2 Å². The molecule has 1 unspecified atom stereocenters. The van der Waals surface area contributed by atoms with Crippen LogP contribution in [0.3, 0.4) is 0 Å². The van der Waals surface area contributed by atoms with Crippen molar-refractivity contribution in [3.8, 4) is 0 Å². The van der Waals surface area contributed by atoms with Gasteiger partial charge in [0.2, 0.25) is 0 Å². The Morgan fingerprint density at radius 1 is 1.14 bits per heavy atom. The maximum Gasteiger partial charge on any atom is 0.196 e. The Balaban J connectivity index is 1.98. The third-order valence-corrected chi connectivity index (χ3v) is 3.86. The normalized spacial score (nSPS) is 18.0. The molecule has 0 aromatic heterocycles. The van der Waals surface area contributed by atoms with Crippen molar-refractivity contribution in [1.29, 1.82) is 0 Å². The molecule has 108 valence electrons. The fraction of sp³-hybridized carbons (Fsp3) is 0.235. The minimum atomic E-state index is -0.187. The molecular formula is C17H18FN3. The van der Waals surface area contributed by atoms with Gasteiger partial charge in [-0.15, -0.1) is 0 Å². The molecule has 0 saturated carbocycles. The average molecular weight is 283 g/mol. The van der Waals surface area contributed by atoms with Crippen LogP contribution in [0.25, 0.3) is 0 Å². The van der Waals surface area contributed by atoms with E-state index in [1.54, 1.807) is 6.92 Å². The summed E-state index contributed by atoms with van der Waals surface area (Å²) in [6.07, 6.45) is 0. The van der Waals surface area contributed by atoms with Crippen LogP contribution < -0.4 is 10.6 Å². The maximum atomic E-state index is 13.5. The van der Waals surface area contributed by atoms with Crippen molar-refractivity contribution in [2.45, 2.75) is 19.9 Å². The third-order valence-electron chi connectivity index (χ3n) is 3.86. The first-order valence-electron chi connectivity index (χ1n) is 6.98. The van der Waals surface area contributed by atoms with E-state index < -0.39 is 0 Å². The summed E-state index contributed by atoms with van der Waals surface area (Å²) in [7, 11) is 0. The third kappa shape index (κ3) is 2.49. The molecule has 1 aliphatic rings. The molecule has 0 saturated heterocycles. The van der Waals surface area contributed by atoms with Crippen molar-refractivity contribution in [3.05, 3.63) is 65.0 Å². The fourth-order valence-corrected chi connectivity index (χ4v) is 2.64. The summed E-state index contributed by atoms with van der Waals surface area (Å²) in [5.74, 6) is 0.318. The second-order valence-electron chi connectivity index (χ2n) is 5.43. The van der Waals surface area contributed by atoms with E-state index >= 15 is 0 Å². The quantitative estimate of drug-likeness (QED) is 0.918. The minimum Gasteiger partial charge on any atom is -0.369 e. The van der Waals surface area contributed by atoms with Gasteiger partial charge in [-0.3, -0.25) is 4.99 Å². The highest BCUT2D eigenvalue weighted by Gasteiger charge is 2.29. The number of benzene rings is 2. The lowest BCUT2D eigenvalue weighted by Crippen LogP contribution is -2.36. The van der Waals surface area contributed by atoms with Crippen LogP contribution >= 0.6 is 0 Å². The average Bonchev–Trinajstić information content (AvgIpc) is 2.85. The molecule has 2 aromatic rings. The van der Waals surface area contributed by atoms with Gasteiger partial charge >= 0.3 is 0 Å². The van der Waals surface area contributed by atoms with E-state index in [1.807, 2.05) is 48.2 Å². The second-order valence-corrected chi connectivity index (χ2v) is 5.43. The molecule has 0 radical (unpaired) electrons. The van der Waals surface area contributed by atoms with Crippen LogP contribution in [0.1, 0.15) is 22.7 Å². The van der Waals surface area contributed by atoms with Crippen molar-refractivity contribution in [1.82, 2.24) is 0 Å². The van der Waals surface area contributed by atoms with Gasteiger partial charge in [-0.25, -0.2) is 4.39 Å². The Morgan fingerprint density at radius 3 is 2.52 bits per heavy atom. The molecule has 1 aliphatic heterocycles. The molecule has 21 heavy (non-hydrogen) atoms. The van der Waals surface area contributed by atoms with Gasteiger partial charge in [0.05, 0.1) is 12.6 Å². The number of guanidine groups is 1. The zero-order chi connectivity index (χ0) is 15.0. The van der Waals surface area contributed by atoms with Crippen LogP contribution in [0.4, 0.5) is 10.1 Å². The van der Waals surface area contributed by atoms with E-state index in [1.165, 1.54) is 11.6 Å². The zero-order valence-electron chi connectivity index (χ0n) is 12.2. The molecule has 0 spiro atoms. The Morgan fingerprint density at radius 2 is 1.86 bits per heavy atom. The molecule has 0 fully saturated rings. The lowest BCUT2D eigenvalue weighted by molar-refractivity contribution is 0.616. The van der Waals surface area contributed by atoms with Crippen LogP contribution in [-0.4, -0.2) is 12.5 Å². The molecule has 0 amide bonds. The molecule has 1 atom stereocenters. The standard InChI is InChI=1S/C17H18FN3/c1-11-3-6-14(7-4-11)21-16(10-20-17(21)19)13-5-8-15(18)12(2)9-13/h3-9,16H,10H2,1-2H3,(H2,19,20).